The van der Waals surface area contributed by atoms with Crippen molar-refractivity contribution in [3.05, 3.63) is 58.9 Å². The van der Waals surface area contributed by atoms with Crippen LogP contribution in [0.15, 0.2) is 30.3 Å². The highest BCUT2D eigenvalue weighted by molar-refractivity contribution is 6.11. The van der Waals surface area contributed by atoms with Crippen LogP contribution in [-0.4, -0.2) is 20.0 Å². The molecular weight excluding hydrogens is 285 g/mol. The summed E-state index contributed by atoms with van der Waals surface area (Å²) < 4.78 is 49.4. The third-order valence-corrected chi connectivity index (χ3v) is 2.90. The Labute approximate surface area is 118 Å². The van der Waals surface area contributed by atoms with Crippen LogP contribution in [0.5, 0.6) is 11.5 Å². The van der Waals surface area contributed by atoms with Crippen molar-refractivity contribution in [3.8, 4) is 11.5 Å². The zero-order valence-corrected chi connectivity index (χ0v) is 11.2. The number of benzene rings is 2. The second-order valence-electron chi connectivity index (χ2n) is 4.15. The van der Waals surface area contributed by atoms with E-state index in [1.54, 1.807) is 6.07 Å². The van der Waals surface area contributed by atoms with Gasteiger partial charge in [0.05, 0.1) is 19.8 Å². The first-order chi connectivity index (χ1) is 9.97. The van der Waals surface area contributed by atoms with Gasteiger partial charge in [-0.2, -0.15) is 0 Å². The molecular formula is C15H11F3O3. The first kappa shape index (κ1) is 14.9. The number of ketones is 1. The number of hydrogen-bond donors (Lipinski definition) is 0. The second kappa shape index (κ2) is 5.87. The van der Waals surface area contributed by atoms with Crippen LogP contribution in [0.3, 0.4) is 0 Å². The van der Waals surface area contributed by atoms with Crippen molar-refractivity contribution < 1.29 is 27.4 Å². The fourth-order valence-corrected chi connectivity index (χ4v) is 1.83. The lowest BCUT2D eigenvalue weighted by Crippen LogP contribution is -2.07. The fourth-order valence-electron chi connectivity index (χ4n) is 1.83. The zero-order valence-electron chi connectivity index (χ0n) is 11.2. The number of methoxy groups -OCH3 is 2. The van der Waals surface area contributed by atoms with Crippen molar-refractivity contribution >= 4 is 5.78 Å². The van der Waals surface area contributed by atoms with Crippen LogP contribution in [0.4, 0.5) is 13.2 Å². The predicted molar refractivity (Wildman–Crippen MR) is 69.3 cm³/mol. The summed E-state index contributed by atoms with van der Waals surface area (Å²) in [6.45, 7) is 0. The van der Waals surface area contributed by atoms with Gasteiger partial charge in [0.2, 0.25) is 0 Å². The van der Waals surface area contributed by atoms with E-state index in [2.05, 4.69) is 0 Å². The maximum absolute atomic E-state index is 13.2. The molecule has 0 radical (unpaired) electrons. The van der Waals surface area contributed by atoms with E-state index in [0.29, 0.717) is 17.9 Å². The number of ether oxygens (including phenoxy) is 2. The molecule has 2 aromatic carbocycles. The van der Waals surface area contributed by atoms with Crippen molar-refractivity contribution in [2.24, 2.45) is 0 Å². The Morgan fingerprint density at radius 3 is 2.10 bits per heavy atom. The van der Waals surface area contributed by atoms with Gasteiger partial charge in [-0.25, -0.2) is 13.2 Å². The summed E-state index contributed by atoms with van der Waals surface area (Å²) in [5, 5.41) is 0. The fraction of sp³-hybridized carbons (Fsp3) is 0.133. The lowest BCUT2D eigenvalue weighted by molar-refractivity contribution is 0.103. The summed E-state index contributed by atoms with van der Waals surface area (Å²) >= 11 is 0. The van der Waals surface area contributed by atoms with E-state index in [-0.39, 0.29) is 16.9 Å². The normalized spacial score (nSPS) is 10.3. The zero-order chi connectivity index (χ0) is 15.6. The highest BCUT2D eigenvalue weighted by Crippen LogP contribution is 2.27. The molecule has 0 aliphatic heterocycles. The first-order valence-electron chi connectivity index (χ1n) is 5.89. The summed E-state index contributed by atoms with van der Waals surface area (Å²) in [4.78, 5) is 12.3. The number of rotatable bonds is 4. The van der Waals surface area contributed by atoms with Crippen molar-refractivity contribution in [2.45, 2.75) is 0 Å². The molecule has 0 atom stereocenters. The summed E-state index contributed by atoms with van der Waals surface area (Å²) in [5.74, 6) is -4.60. The SMILES string of the molecule is COc1ccc(OC)c(C(=O)c2cc(F)c(F)c(F)c2)c1. The molecule has 0 spiro atoms. The average Bonchev–Trinajstić information content (AvgIpc) is 2.50. The molecule has 0 amide bonds. The maximum atomic E-state index is 13.2. The van der Waals surface area contributed by atoms with Gasteiger partial charge in [0.25, 0.3) is 0 Å². The van der Waals surface area contributed by atoms with Crippen LogP contribution in [0, 0.1) is 17.5 Å². The van der Waals surface area contributed by atoms with Crippen LogP contribution < -0.4 is 9.47 Å². The Morgan fingerprint density at radius 2 is 1.57 bits per heavy atom. The van der Waals surface area contributed by atoms with Crippen molar-refractivity contribution in [1.29, 1.82) is 0 Å². The molecule has 0 aliphatic rings. The van der Waals surface area contributed by atoms with Crippen molar-refractivity contribution in [3.63, 3.8) is 0 Å². The maximum Gasteiger partial charge on any atom is 0.197 e. The minimum atomic E-state index is -1.62. The van der Waals surface area contributed by atoms with Gasteiger partial charge in [0, 0.05) is 5.56 Å². The Morgan fingerprint density at radius 1 is 0.952 bits per heavy atom. The molecule has 2 rings (SSSR count). The van der Waals surface area contributed by atoms with Crippen LogP contribution in [0.1, 0.15) is 15.9 Å². The summed E-state index contributed by atoms with van der Waals surface area (Å²) in [6.07, 6.45) is 0. The van der Waals surface area contributed by atoms with E-state index in [4.69, 9.17) is 9.47 Å². The molecule has 0 fully saturated rings. The number of halogens is 3. The van der Waals surface area contributed by atoms with E-state index in [0.717, 1.165) is 0 Å². The molecule has 2 aromatic rings. The quantitative estimate of drug-likeness (QED) is 0.641. The molecule has 0 bridgehead atoms. The minimum absolute atomic E-state index is 0.0576. The third kappa shape index (κ3) is 2.84. The third-order valence-electron chi connectivity index (χ3n) is 2.90. The van der Waals surface area contributed by atoms with E-state index < -0.39 is 23.2 Å². The van der Waals surface area contributed by atoms with Gasteiger partial charge in [-0.3, -0.25) is 4.79 Å². The summed E-state index contributed by atoms with van der Waals surface area (Å²) in [7, 11) is 2.76. The molecule has 0 N–H and O–H groups in total. The molecule has 110 valence electrons. The van der Waals surface area contributed by atoms with Crippen LogP contribution in [0.2, 0.25) is 0 Å². The van der Waals surface area contributed by atoms with E-state index in [1.807, 2.05) is 0 Å². The Hall–Kier alpha value is -2.50. The molecule has 6 heteroatoms. The smallest absolute Gasteiger partial charge is 0.197 e. The number of carbonyl (C=O) groups is 1. The lowest BCUT2D eigenvalue weighted by atomic mass is 10.0. The second-order valence-corrected chi connectivity index (χ2v) is 4.15. The van der Waals surface area contributed by atoms with Gasteiger partial charge in [0.1, 0.15) is 11.5 Å². The number of carbonyl (C=O) groups excluding carboxylic acids is 1. The van der Waals surface area contributed by atoms with Gasteiger partial charge in [-0.15, -0.1) is 0 Å². The predicted octanol–water partition coefficient (Wildman–Crippen LogP) is 3.35. The lowest BCUT2D eigenvalue weighted by Gasteiger charge is -2.10. The Kier molecular flexibility index (Phi) is 4.16. The minimum Gasteiger partial charge on any atom is -0.497 e. The highest BCUT2D eigenvalue weighted by atomic mass is 19.2. The average molecular weight is 296 g/mol. The summed E-state index contributed by atoms with van der Waals surface area (Å²) in [6, 6.07) is 5.71. The van der Waals surface area contributed by atoms with Gasteiger partial charge < -0.3 is 9.47 Å². The molecule has 0 unspecified atom stereocenters. The first-order valence-corrected chi connectivity index (χ1v) is 5.89. The number of hydrogen-bond acceptors (Lipinski definition) is 3. The summed E-state index contributed by atoms with van der Waals surface area (Å²) in [5.41, 5.74) is -0.264. The van der Waals surface area contributed by atoms with Gasteiger partial charge in [-0.1, -0.05) is 0 Å². The standard InChI is InChI=1S/C15H11F3O3/c1-20-9-3-4-13(21-2)10(7-9)15(19)8-5-11(16)14(18)12(17)6-8/h3-7H,1-2H3. The Balaban J connectivity index is 2.54. The molecule has 0 heterocycles. The largest absolute Gasteiger partial charge is 0.497 e. The van der Waals surface area contributed by atoms with Crippen molar-refractivity contribution in [2.75, 3.05) is 14.2 Å². The topological polar surface area (TPSA) is 35.5 Å². The molecule has 0 saturated heterocycles. The molecule has 0 aliphatic carbocycles. The molecule has 0 saturated carbocycles. The van der Waals surface area contributed by atoms with Crippen LogP contribution in [0.25, 0.3) is 0 Å². The molecule has 3 nitrogen and oxygen atoms in total. The van der Waals surface area contributed by atoms with E-state index >= 15 is 0 Å². The van der Waals surface area contributed by atoms with E-state index in [1.165, 1.54) is 26.4 Å². The van der Waals surface area contributed by atoms with Crippen LogP contribution >= 0.6 is 0 Å². The van der Waals surface area contributed by atoms with Gasteiger partial charge in [0.15, 0.2) is 23.2 Å². The highest BCUT2D eigenvalue weighted by Gasteiger charge is 2.19. The molecule has 21 heavy (non-hydrogen) atoms. The molecule has 0 aromatic heterocycles. The van der Waals surface area contributed by atoms with Crippen LogP contribution in [-0.2, 0) is 0 Å². The van der Waals surface area contributed by atoms with Gasteiger partial charge >= 0.3 is 0 Å². The van der Waals surface area contributed by atoms with Crippen molar-refractivity contribution in [1.82, 2.24) is 0 Å². The van der Waals surface area contributed by atoms with E-state index in [9.17, 15) is 18.0 Å². The Bertz CT molecular complexity index is 676. The van der Waals surface area contributed by atoms with Gasteiger partial charge in [-0.05, 0) is 30.3 Å². The monoisotopic (exact) mass is 296 g/mol.